The molecule has 1 aliphatic heterocycles. The summed E-state index contributed by atoms with van der Waals surface area (Å²) in [4.78, 5) is 46.7. The van der Waals surface area contributed by atoms with E-state index in [1.165, 1.54) is 12.1 Å². The van der Waals surface area contributed by atoms with E-state index in [1.54, 1.807) is 41.1 Å². The Bertz CT molecular complexity index is 1440. The van der Waals surface area contributed by atoms with Crippen molar-refractivity contribution in [2.75, 3.05) is 40.0 Å². The molecule has 0 unspecified atom stereocenters. The fourth-order valence-corrected chi connectivity index (χ4v) is 6.23. The van der Waals surface area contributed by atoms with Crippen LogP contribution in [0.4, 0.5) is 13.2 Å². The molecule has 9 nitrogen and oxygen atoms in total. The average Bonchev–Trinajstić information content (AvgIpc) is 3.28. The van der Waals surface area contributed by atoms with Gasteiger partial charge in [0.1, 0.15) is 18.1 Å². The van der Waals surface area contributed by atoms with Gasteiger partial charge in [0.2, 0.25) is 0 Å². The topological polar surface area (TPSA) is 112 Å². The number of benzene rings is 2. The Labute approximate surface area is 274 Å². The molecule has 0 saturated heterocycles. The number of halogens is 3. The number of hydrogen-bond acceptors (Lipinski definition) is 7. The minimum Gasteiger partial charge on any atom is -0.449 e. The molecule has 1 spiro atoms. The van der Waals surface area contributed by atoms with Crippen LogP contribution in [0.5, 0.6) is 0 Å². The van der Waals surface area contributed by atoms with E-state index in [0.29, 0.717) is 43.8 Å². The number of aliphatic hydroxyl groups excluding tert-OH is 1. The van der Waals surface area contributed by atoms with Gasteiger partial charge in [-0.1, -0.05) is 45.0 Å². The summed E-state index contributed by atoms with van der Waals surface area (Å²) in [7, 11) is 1.71. The largest absolute Gasteiger partial charge is 0.449 e. The van der Waals surface area contributed by atoms with Crippen molar-refractivity contribution in [3.63, 3.8) is 0 Å². The number of rotatable bonds is 12. The second-order valence-corrected chi connectivity index (χ2v) is 13.5. The number of likely N-dealkylation sites (N-methyl/N-ethyl adjacent to an activating group) is 1. The molecule has 0 aromatic heterocycles. The van der Waals surface area contributed by atoms with Gasteiger partial charge in [0.15, 0.2) is 0 Å². The fraction of sp³-hybridized carbons (Fsp3) is 0.543. The summed E-state index contributed by atoms with van der Waals surface area (Å²) >= 11 is 0. The Morgan fingerprint density at radius 2 is 1.79 bits per heavy atom. The lowest BCUT2D eigenvalue weighted by molar-refractivity contribution is -0.148. The molecule has 1 fully saturated rings. The highest BCUT2D eigenvalue weighted by atomic mass is 19.4. The minimum absolute atomic E-state index is 0.00343. The monoisotopic (exact) mass is 658 g/mol. The van der Waals surface area contributed by atoms with Crippen molar-refractivity contribution < 1.29 is 37.4 Å². The zero-order valence-corrected chi connectivity index (χ0v) is 27.5. The van der Waals surface area contributed by atoms with Crippen LogP contribution in [0.15, 0.2) is 53.5 Å². The first kappa shape index (κ1) is 36.1. The summed E-state index contributed by atoms with van der Waals surface area (Å²) in [5, 5.41) is 11.6. The highest BCUT2D eigenvalue weighted by Gasteiger charge is 2.50. The quantitative estimate of drug-likeness (QED) is 0.244. The van der Waals surface area contributed by atoms with Gasteiger partial charge in [-0.05, 0) is 80.3 Å². The Balaban J connectivity index is 1.40. The molecule has 1 saturated carbocycles. The normalized spacial score (nSPS) is 20.1. The van der Waals surface area contributed by atoms with Gasteiger partial charge in [-0.3, -0.25) is 24.3 Å². The SMILES string of the molecule is CN(CCO)COC(=O)CCNC(=O)c1ccc(CCN2C(=O)C(c3cccc(C(F)(F)F)c3)=NC23CCC(C(C)(C)C)CC3)cc1. The number of amides is 2. The van der Waals surface area contributed by atoms with E-state index in [4.69, 9.17) is 14.8 Å². The molecular weight excluding hydrogens is 613 g/mol. The first-order valence-corrected chi connectivity index (χ1v) is 16.0. The Morgan fingerprint density at radius 1 is 1.11 bits per heavy atom. The van der Waals surface area contributed by atoms with Gasteiger partial charge in [0.05, 0.1) is 18.6 Å². The molecule has 2 aliphatic rings. The summed E-state index contributed by atoms with van der Waals surface area (Å²) < 4.78 is 45.6. The number of alkyl halides is 3. The van der Waals surface area contributed by atoms with Gasteiger partial charge in [-0.15, -0.1) is 0 Å². The van der Waals surface area contributed by atoms with Crippen LogP contribution < -0.4 is 5.32 Å². The molecule has 0 radical (unpaired) electrons. The summed E-state index contributed by atoms with van der Waals surface area (Å²) in [5.41, 5.74) is 0.00125. The maximum atomic E-state index is 13.9. The van der Waals surface area contributed by atoms with Gasteiger partial charge in [-0.25, -0.2) is 0 Å². The van der Waals surface area contributed by atoms with E-state index in [-0.39, 0.29) is 54.8 Å². The van der Waals surface area contributed by atoms with E-state index in [2.05, 4.69) is 26.1 Å². The molecule has 0 bridgehead atoms. The van der Waals surface area contributed by atoms with Gasteiger partial charge in [-0.2, -0.15) is 13.2 Å². The number of aliphatic imine (C=N–C) groups is 1. The first-order valence-electron chi connectivity index (χ1n) is 16.0. The molecule has 2 amide bonds. The van der Waals surface area contributed by atoms with Crippen LogP contribution in [-0.2, 0) is 26.9 Å². The summed E-state index contributed by atoms with van der Waals surface area (Å²) in [6, 6.07) is 11.8. The smallest absolute Gasteiger partial charge is 0.416 e. The van der Waals surface area contributed by atoms with Crippen LogP contribution in [-0.4, -0.2) is 84.1 Å². The molecule has 2 aromatic carbocycles. The van der Waals surface area contributed by atoms with Crippen molar-refractivity contribution in [3.8, 4) is 0 Å². The third kappa shape index (κ3) is 9.19. The van der Waals surface area contributed by atoms with Gasteiger partial charge in [0, 0.05) is 30.8 Å². The summed E-state index contributed by atoms with van der Waals surface area (Å²) in [6.45, 7) is 7.41. The van der Waals surface area contributed by atoms with Crippen LogP contribution in [0.25, 0.3) is 0 Å². The van der Waals surface area contributed by atoms with Gasteiger partial charge in [0.25, 0.3) is 11.8 Å². The maximum Gasteiger partial charge on any atom is 0.416 e. The average molecular weight is 659 g/mol. The zero-order chi connectivity index (χ0) is 34.4. The molecule has 2 aromatic rings. The third-order valence-corrected chi connectivity index (χ3v) is 9.13. The van der Waals surface area contributed by atoms with Crippen molar-refractivity contribution in [2.24, 2.45) is 16.3 Å². The molecule has 2 N–H and O–H groups in total. The number of nitrogens with zero attached hydrogens (tertiary/aromatic N) is 3. The van der Waals surface area contributed by atoms with Crippen LogP contribution in [0.3, 0.4) is 0 Å². The minimum atomic E-state index is -4.53. The lowest BCUT2D eigenvalue weighted by Gasteiger charge is -2.45. The fourth-order valence-electron chi connectivity index (χ4n) is 6.23. The molecular formula is C35H45F3N4O5. The number of carbonyl (C=O) groups is 3. The predicted molar refractivity (Wildman–Crippen MR) is 172 cm³/mol. The van der Waals surface area contributed by atoms with E-state index in [9.17, 15) is 27.6 Å². The standard InChI is InChI=1S/C35H45F3N4O5/c1-33(2,3)27-12-16-34(17-13-27)40-30(26-6-5-7-28(22-26)35(36,37)38)32(46)42(34)19-15-24-8-10-25(11-9-24)31(45)39-18-14-29(44)47-23-41(4)20-21-43/h5-11,22,27,43H,12-21,23H2,1-4H3,(H,39,45). The number of hydrogen-bond donors (Lipinski definition) is 2. The van der Waals surface area contributed by atoms with E-state index in [0.717, 1.165) is 30.5 Å². The van der Waals surface area contributed by atoms with Crippen molar-refractivity contribution in [2.45, 2.75) is 71.1 Å². The summed E-state index contributed by atoms with van der Waals surface area (Å²) in [5.74, 6) is -0.731. The Kier molecular flexibility index (Phi) is 11.5. The van der Waals surface area contributed by atoms with Gasteiger partial charge >= 0.3 is 12.1 Å². The van der Waals surface area contributed by atoms with Crippen LogP contribution >= 0.6 is 0 Å². The highest BCUT2D eigenvalue weighted by molar-refractivity contribution is 6.46. The number of esters is 1. The van der Waals surface area contributed by atoms with Crippen molar-refractivity contribution in [3.05, 3.63) is 70.8 Å². The van der Waals surface area contributed by atoms with E-state index >= 15 is 0 Å². The molecule has 1 heterocycles. The lowest BCUT2D eigenvalue weighted by Crippen LogP contribution is -2.50. The molecule has 0 atom stereocenters. The molecule has 1 aliphatic carbocycles. The van der Waals surface area contributed by atoms with Crippen molar-refractivity contribution in [1.29, 1.82) is 0 Å². The van der Waals surface area contributed by atoms with Crippen molar-refractivity contribution in [1.82, 2.24) is 15.1 Å². The third-order valence-electron chi connectivity index (χ3n) is 9.13. The van der Waals surface area contributed by atoms with E-state index < -0.39 is 23.4 Å². The number of aliphatic hydroxyl groups is 1. The summed E-state index contributed by atoms with van der Waals surface area (Å²) in [6.07, 6.45) is -1.08. The highest BCUT2D eigenvalue weighted by Crippen LogP contribution is 2.46. The zero-order valence-electron chi connectivity index (χ0n) is 27.5. The van der Waals surface area contributed by atoms with Gasteiger partial charge < -0.3 is 20.1 Å². The molecule has 47 heavy (non-hydrogen) atoms. The molecule has 256 valence electrons. The van der Waals surface area contributed by atoms with Crippen LogP contribution in [0.2, 0.25) is 0 Å². The number of carbonyl (C=O) groups excluding carboxylic acids is 3. The molecule has 12 heteroatoms. The van der Waals surface area contributed by atoms with Crippen LogP contribution in [0.1, 0.15) is 79.9 Å². The Hall–Kier alpha value is -3.77. The van der Waals surface area contributed by atoms with Crippen LogP contribution in [0, 0.1) is 11.3 Å². The first-order chi connectivity index (χ1) is 22.1. The van der Waals surface area contributed by atoms with Crippen molar-refractivity contribution >= 4 is 23.5 Å². The predicted octanol–water partition coefficient (Wildman–Crippen LogP) is 5.06. The lowest BCUT2D eigenvalue weighted by atomic mass is 9.69. The Morgan fingerprint density at radius 3 is 2.40 bits per heavy atom. The second kappa shape index (κ2) is 15.0. The number of nitrogens with one attached hydrogen (secondary N) is 1. The van der Waals surface area contributed by atoms with E-state index in [1.807, 2.05) is 0 Å². The molecule has 4 rings (SSSR count). The maximum absolute atomic E-state index is 13.9. The number of ether oxygens (including phenoxy) is 1. The second-order valence-electron chi connectivity index (χ2n) is 13.5.